The summed E-state index contributed by atoms with van der Waals surface area (Å²) in [6, 6.07) is 10.5. The molecule has 1 N–H and O–H groups in total. The summed E-state index contributed by atoms with van der Waals surface area (Å²) in [5, 5.41) is 2.95. The van der Waals surface area contributed by atoms with Crippen LogP contribution in [0.4, 0.5) is 10.1 Å². The molecule has 3 rings (SSSR count). The first kappa shape index (κ1) is 19.2. The summed E-state index contributed by atoms with van der Waals surface area (Å²) in [4.78, 5) is 26.9. The van der Waals surface area contributed by atoms with Crippen molar-refractivity contribution in [1.29, 1.82) is 0 Å². The van der Waals surface area contributed by atoms with Crippen LogP contribution < -0.4 is 14.8 Å². The number of benzene rings is 2. The van der Waals surface area contributed by atoms with Gasteiger partial charge in [0.1, 0.15) is 11.5 Å². The van der Waals surface area contributed by atoms with E-state index in [1.165, 1.54) is 44.6 Å². The van der Waals surface area contributed by atoms with Crippen LogP contribution in [-0.2, 0) is 9.59 Å². The third-order valence-electron chi connectivity index (χ3n) is 4.27. The van der Waals surface area contributed by atoms with E-state index in [0.717, 1.165) is 4.90 Å². The van der Waals surface area contributed by atoms with Crippen molar-refractivity contribution in [2.24, 2.45) is 0 Å². The molecular weight excluding hydrogens is 363 g/mol. The number of carbonyl (C=O) groups is 2. The van der Waals surface area contributed by atoms with Gasteiger partial charge in [-0.3, -0.25) is 14.5 Å². The van der Waals surface area contributed by atoms with Gasteiger partial charge >= 0.3 is 0 Å². The molecule has 0 unspecified atom stereocenters. The van der Waals surface area contributed by atoms with Crippen LogP contribution in [0.15, 0.2) is 60.8 Å². The fraction of sp³-hybridized carbons (Fsp3) is 0.143. The molecule has 1 aliphatic rings. The second-order valence-corrected chi connectivity index (χ2v) is 5.96. The number of nitrogens with one attached hydrogen (secondary N) is 1. The molecule has 2 aromatic rings. The zero-order valence-electron chi connectivity index (χ0n) is 15.5. The molecule has 0 saturated carbocycles. The molecule has 7 heteroatoms. The van der Waals surface area contributed by atoms with Gasteiger partial charge in [-0.25, -0.2) is 4.39 Å². The lowest BCUT2D eigenvalue weighted by molar-refractivity contribution is -0.136. The van der Waals surface area contributed by atoms with E-state index < -0.39 is 17.6 Å². The van der Waals surface area contributed by atoms with Crippen LogP contribution in [0.1, 0.15) is 5.56 Å². The van der Waals surface area contributed by atoms with E-state index in [4.69, 9.17) is 9.47 Å². The van der Waals surface area contributed by atoms with Gasteiger partial charge in [0.2, 0.25) is 0 Å². The maximum atomic E-state index is 13.2. The minimum atomic E-state index is -0.487. The van der Waals surface area contributed by atoms with E-state index in [1.54, 1.807) is 18.2 Å². The molecule has 2 aromatic carbocycles. The Morgan fingerprint density at radius 2 is 1.71 bits per heavy atom. The van der Waals surface area contributed by atoms with Crippen molar-refractivity contribution in [1.82, 2.24) is 4.90 Å². The normalized spacial score (nSPS) is 13.8. The average Bonchev–Trinajstić information content (AvgIpc) is 2.93. The molecule has 0 aromatic heterocycles. The number of hydrogen-bond donors (Lipinski definition) is 1. The number of methoxy groups -OCH3 is 2. The van der Waals surface area contributed by atoms with Crippen molar-refractivity contribution in [3.05, 3.63) is 72.2 Å². The van der Waals surface area contributed by atoms with Crippen LogP contribution in [0.3, 0.4) is 0 Å². The Labute approximate surface area is 161 Å². The highest BCUT2D eigenvalue weighted by Gasteiger charge is 2.38. The Morgan fingerprint density at radius 3 is 2.32 bits per heavy atom. The maximum absolute atomic E-state index is 13.2. The predicted molar refractivity (Wildman–Crippen MR) is 103 cm³/mol. The van der Waals surface area contributed by atoms with E-state index in [0.29, 0.717) is 22.7 Å². The highest BCUT2D eigenvalue weighted by Crippen LogP contribution is 2.35. The molecule has 0 radical (unpaired) electrons. The number of halogens is 1. The van der Waals surface area contributed by atoms with E-state index in [9.17, 15) is 14.0 Å². The monoisotopic (exact) mass is 382 g/mol. The molecule has 6 nitrogen and oxygen atoms in total. The van der Waals surface area contributed by atoms with E-state index in [1.807, 2.05) is 0 Å². The molecule has 1 aliphatic heterocycles. The SMILES string of the molecule is C=CCN1C(=O)C(Nc2ccc(F)cc2)=C(c2ccc(OC)c(OC)c2)C1=O. The number of ether oxygens (including phenoxy) is 2. The molecule has 0 spiro atoms. The highest BCUT2D eigenvalue weighted by molar-refractivity contribution is 6.36. The van der Waals surface area contributed by atoms with E-state index in [-0.39, 0.29) is 17.8 Å². The van der Waals surface area contributed by atoms with Gasteiger partial charge in [0.05, 0.1) is 19.8 Å². The predicted octanol–water partition coefficient (Wildman–Crippen LogP) is 3.22. The Bertz CT molecular complexity index is 967. The van der Waals surface area contributed by atoms with Gasteiger partial charge in [-0.1, -0.05) is 12.1 Å². The van der Waals surface area contributed by atoms with Crippen molar-refractivity contribution >= 4 is 23.1 Å². The highest BCUT2D eigenvalue weighted by atomic mass is 19.1. The molecule has 28 heavy (non-hydrogen) atoms. The number of anilines is 1. The van der Waals surface area contributed by atoms with Crippen LogP contribution in [0.5, 0.6) is 11.5 Å². The van der Waals surface area contributed by atoms with E-state index >= 15 is 0 Å². The summed E-state index contributed by atoms with van der Waals surface area (Å²) < 4.78 is 23.7. The zero-order valence-corrected chi connectivity index (χ0v) is 15.5. The number of hydrogen-bond acceptors (Lipinski definition) is 5. The summed E-state index contributed by atoms with van der Waals surface area (Å²) in [5.74, 6) is -0.418. The summed E-state index contributed by atoms with van der Waals surface area (Å²) in [6.07, 6.45) is 1.48. The molecule has 1 heterocycles. The van der Waals surface area contributed by atoms with E-state index in [2.05, 4.69) is 11.9 Å². The van der Waals surface area contributed by atoms with Crippen LogP contribution in [-0.4, -0.2) is 37.5 Å². The number of nitrogens with zero attached hydrogens (tertiary/aromatic N) is 1. The molecule has 0 aliphatic carbocycles. The van der Waals surface area contributed by atoms with Gasteiger partial charge in [0, 0.05) is 12.2 Å². The maximum Gasteiger partial charge on any atom is 0.278 e. The summed E-state index contributed by atoms with van der Waals surface area (Å²) in [7, 11) is 2.99. The summed E-state index contributed by atoms with van der Waals surface area (Å²) >= 11 is 0. The summed E-state index contributed by atoms with van der Waals surface area (Å²) in [6.45, 7) is 3.67. The van der Waals surface area contributed by atoms with Crippen molar-refractivity contribution in [2.45, 2.75) is 0 Å². The molecule has 0 fully saturated rings. The van der Waals surface area contributed by atoms with Gasteiger partial charge in [0.25, 0.3) is 11.8 Å². The summed E-state index contributed by atoms with van der Waals surface area (Å²) in [5.41, 5.74) is 1.27. The molecular formula is C21H19FN2O4. The van der Waals surface area contributed by atoms with Crippen LogP contribution in [0.25, 0.3) is 5.57 Å². The first-order valence-electron chi connectivity index (χ1n) is 8.46. The number of amides is 2. The smallest absolute Gasteiger partial charge is 0.278 e. The lowest BCUT2D eigenvalue weighted by Gasteiger charge is -2.12. The second kappa shape index (κ2) is 7.96. The van der Waals surface area contributed by atoms with Gasteiger partial charge in [-0.15, -0.1) is 6.58 Å². The van der Waals surface area contributed by atoms with Crippen molar-refractivity contribution in [3.63, 3.8) is 0 Å². The van der Waals surface area contributed by atoms with Gasteiger partial charge in [-0.2, -0.15) is 0 Å². The lowest BCUT2D eigenvalue weighted by atomic mass is 10.0. The third-order valence-corrected chi connectivity index (χ3v) is 4.27. The number of carbonyl (C=O) groups excluding carboxylic acids is 2. The standard InChI is InChI=1S/C21H19FN2O4/c1-4-11-24-20(25)18(13-5-10-16(27-2)17(12-13)28-3)19(21(24)26)23-15-8-6-14(22)7-9-15/h4-10,12,23H,1,11H2,2-3H3. The molecule has 0 saturated heterocycles. The number of rotatable bonds is 7. The first-order chi connectivity index (χ1) is 13.5. The fourth-order valence-electron chi connectivity index (χ4n) is 2.92. The minimum Gasteiger partial charge on any atom is -0.493 e. The van der Waals surface area contributed by atoms with Gasteiger partial charge < -0.3 is 14.8 Å². The zero-order chi connectivity index (χ0) is 20.3. The quantitative estimate of drug-likeness (QED) is 0.588. The van der Waals surface area contributed by atoms with Crippen LogP contribution in [0.2, 0.25) is 0 Å². The van der Waals surface area contributed by atoms with Crippen molar-refractivity contribution in [3.8, 4) is 11.5 Å². The Hall–Kier alpha value is -3.61. The average molecular weight is 382 g/mol. The Kier molecular flexibility index (Phi) is 5.44. The largest absolute Gasteiger partial charge is 0.493 e. The Morgan fingerprint density at radius 1 is 1.04 bits per heavy atom. The molecule has 144 valence electrons. The van der Waals surface area contributed by atoms with Gasteiger partial charge in [-0.05, 0) is 42.0 Å². The molecule has 2 amide bonds. The second-order valence-electron chi connectivity index (χ2n) is 5.96. The van der Waals surface area contributed by atoms with Crippen molar-refractivity contribution in [2.75, 3.05) is 26.1 Å². The number of imide groups is 1. The van der Waals surface area contributed by atoms with Crippen molar-refractivity contribution < 1.29 is 23.5 Å². The van der Waals surface area contributed by atoms with Crippen LogP contribution in [0, 0.1) is 5.82 Å². The third kappa shape index (κ3) is 3.46. The molecule has 0 bridgehead atoms. The molecule has 0 atom stereocenters. The fourth-order valence-corrected chi connectivity index (χ4v) is 2.92. The Balaban J connectivity index is 2.11. The van der Waals surface area contributed by atoms with Crippen LogP contribution >= 0.6 is 0 Å². The van der Waals surface area contributed by atoms with Gasteiger partial charge in [0.15, 0.2) is 11.5 Å². The topological polar surface area (TPSA) is 67.9 Å². The minimum absolute atomic E-state index is 0.0725. The first-order valence-corrected chi connectivity index (χ1v) is 8.46. The lowest BCUT2D eigenvalue weighted by Crippen LogP contribution is -2.32.